The summed E-state index contributed by atoms with van der Waals surface area (Å²) in [6.07, 6.45) is 35.5. The molecule has 2 N–H and O–H groups in total. The third-order valence-electron chi connectivity index (χ3n) is 6.30. The molecule has 1 atom stereocenters. The molecule has 9 heteroatoms. The van der Waals surface area contributed by atoms with Crippen LogP contribution in [0.25, 0.3) is 0 Å². The molecule has 1 unspecified atom stereocenters. The van der Waals surface area contributed by atoms with Gasteiger partial charge >= 0.3 is 19.8 Å². The smallest absolute Gasteiger partial charge is 0.462 e. The summed E-state index contributed by atoms with van der Waals surface area (Å²) in [6.45, 7) is 3.43. The van der Waals surface area contributed by atoms with E-state index in [1.807, 2.05) is 0 Å². The molecule has 0 aromatic rings. The first kappa shape index (κ1) is 40.8. The lowest BCUT2D eigenvalue weighted by atomic mass is 10.1. The van der Waals surface area contributed by atoms with Crippen LogP contribution in [0.2, 0.25) is 0 Å². The Bertz CT molecular complexity index is 885. The Balaban J connectivity index is 4.07. The molecular weight excluding hydrogens is 567 g/mol. The van der Waals surface area contributed by atoms with E-state index < -0.39 is 32.5 Å². The maximum Gasteiger partial charge on any atom is 0.469 e. The normalized spacial score (nSPS) is 13.3. The van der Waals surface area contributed by atoms with E-state index in [0.29, 0.717) is 12.8 Å². The second-order valence-corrected chi connectivity index (χ2v) is 11.6. The molecule has 0 aromatic heterocycles. The zero-order valence-electron chi connectivity index (χ0n) is 26.6. The number of rotatable bonds is 28. The number of allylic oxidation sites excluding steroid dienone is 10. The molecule has 0 radical (unpaired) electrons. The fourth-order valence-electron chi connectivity index (χ4n) is 3.93. The summed E-state index contributed by atoms with van der Waals surface area (Å²) in [5.41, 5.74) is 0. The summed E-state index contributed by atoms with van der Waals surface area (Å²) in [4.78, 5) is 42.2. The Morgan fingerprint density at radius 3 is 1.67 bits per heavy atom. The topological polar surface area (TPSA) is 119 Å². The lowest BCUT2D eigenvalue weighted by molar-refractivity contribution is -0.161. The van der Waals surface area contributed by atoms with Gasteiger partial charge in [0, 0.05) is 12.8 Å². The largest absolute Gasteiger partial charge is 0.469 e. The van der Waals surface area contributed by atoms with Crippen molar-refractivity contribution in [2.75, 3.05) is 13.2 Å². The number of ether oxygens (including phenoxy) is 2. The van der Waals surface area contributed by atoms with E-state index in [4.69, 9.17) is 19.3 Å². The minimum Gasteiger partial charge on any atom is -0.462 e. The van der Waals surface area contributed by atoms with Crippen molar-refractivity contribution < 1.29 is 37.9 Å². The monoisotopic (exact) mass is 624 g/mol. The first-order chi connectivity index (χ1) is 20.8. The van der Waals surface area contributed by atoms with Gasteiger partial charge in [0.1, 0.15) is 6.61 Å². The van der Waals surface area contributed by atoms with Crippen molar-refractivity contribution >= 4 is 19.8 Å². The van der Waals surface area contributed by atoms with Crippen molar-refractivity contribution in [3.63, 3.8) is 0 Å². The van der Waals surface area contributed by atoms with Gasteiger partial charge in [-0.3, -0.25) is 14.1 Å². The number of hydrogen-bond donors (Lipinski definition) is 2. The van der Waals surface area contributed by atoms with Crippen LogP contribution < -0.4 is 0 Å². The van der Waals surface area contributed by atoms with Crippen LogP contribution in [-0.2, 0) is 28.2 Å². The van der Waals surface area contributed by atoms with Crippen molar-refractivity contribution in [2.24, 2.45) is 0 Å². The highest BCUT2D eigenvalue weighted by Crippen LogP contribution is 2.35. The second kappa shape index (κ2) is 29.8. The van der Waals surface area contributed by atoms with Crippen molar-refractivity contribution in [1.82, 2.24) is 0 Å². The van der Waals surface area contributed by atoms with Crippen molar-refractivity contribution in [2.45, 2.75) is 129 Å². The number of phosphoric ester groups is 1. The van der Waals surface area contributed by atoms with Crippen LogP contribution in [0, 0.1) is 0 Å². The first-order valence-corrected chi connectivity index (χ1v) is 17.6. The van der Waals surface area contributed by atoms with Gasteiger partial charge in [0.2, 0.25) is 0 Å². The quantitative estimate of drug-likeness (QED) is 0.0383. The molecule has 0 aliphatic heterocycles. The number of carbonyl (C=O) groups is 2. The molecule has 43 heavy (non-hydrogen) atoms. The van der Waals surface area contributed by atoms with E-state index in [-0.39, 0.29) is 19.4 Å². The highest BCUT2D eigenvalue weighted by atomic mass is 31.2. The summed E-state index contributed by atoms with van der Waals surface area (Å²) in [5, 5.41) is 0. The number of esters is 2. The average molecular weight is 625 g/mol. The minimum atomic E-state index is -4.75. The molecule has 0 rings (SSSR count). The van der Waals surface area contributed by atoms with Gasteiger partial charge in [0.15, 0.2) is 6.10 Å². The summed E-state index contributed by atoms with van der Waals surface area (Å²) in [6, 6.07) is 0. The maximum atomic E-state index is 12.3. The Labute approximate surface area is 260 Å². The van der Waals surface area contributed by atoms with E-state index in [1.165, 1.54) is 6.42 Å². The van der Waals surface area contributed by atoms with Gasteiger partial charge in [0.25, 0.3) is 0 Å². The number of carbonyl (C=O) groups excluding carboxylic acids is 2. The van der Waals surface area contributed by atoms with E-state index >= 15 is 0 Å². The number of hydrogen-bond acceptors (Lipinski definition) is 6. The molecule has 0 bridgehead atoms. The SMILES string of the molecule is CC/C=C\C/C=C\C/C=C\C/C=C\C/C=C\CCCCCC(=O)OC(COC(=O)CCCCCCCC)COP(=O)(O)O. The molecule has 0 fully saturated rings. The Kier molecular flexibility index (Phi) is 28.2. The lowest BCUT2D eigenvalue weighted by Crippen LogP contribution is -2.29. The van der Waals surface area contributed by atoms with Crippen LogP contribution in [0.3, 0.4) is 0 Å². The molecular formula is C34H57O8P. The highest BCUT2D eigenvalue weighted by Gasteiger charge is 2.22. The first-order valence-electron chi connectivity index (χ1n) is 16.1. The molecule has 246 valence electrons. The van der Waals surface area contributed by atoms with Crippen LogP contribution in [0.4, 0.5) is 0 Å². The Hall–Kier alpha value is -2.25. The van der Waals surface area contributed by atoms with Gasteiger partial charge in [-0.2, -0.15) is 0 Å². The molecule has 0 spiro atoms. The van der Waals surface area contributed by atoms with Gasteiger partial charge in [-0.15, -0.1) is 0 Å². The van der Waals surface area contributed by atoms with Crippen LogP contribution in [-0.4, -0.2) is 41.0 Å². The Morgan fingerprint density at radius 1 is 0.628 bits per heavy atom. The van der Waals surface area contributed by atoms with E-state index in [0.717, 1.165) is 77.0 Å². The van der Waals surface area contributed by atoms with Crippen molar-refractivity contribution in [3.05, 3.63) is 60.8 Å². The maximum absolute atomic E-state index is 12.3. The lowest BCUT2D eigenvalue weighted by Gasteiger charge is -2.18. The third kappa shape index (κ3) is 32.5. The van der Waals surface area contributed by atoms with Crippen LogP contribution in [0.1, 0.15) is 123 Å². The van der Waals surface area contributed by atoms with Crippen molar-refractivity contribution in [1.29, 1.82) is 0 Å². The number of unbranched alkanes of at least 4 members (excludes halogenated alkanes) is 8. The van der Waals surface area contributed by atoms with Gasteiger partial charge in [-0.05, 0) is 57.8 Å². The zero-order chi connectivity index (χ0) is 31.9. The summed E-state index contributed by atoms with van der Waals surface area (Å²) >= 11 is 0. The van der Waals surface area contributed by atoms with Crippen molar-refractivity contribution in [3.8, 4) is 0 Å². The molecule has 0 saturated heterocycles. The standard InChI is InChI=1S/C34H57O8P/c1-3-5-7-9-11-12-13-14-15-16-17-18-19-20-21-22-23-25-27-29-34(36)42-32(31-41-43(37,38)39)30-40-33(35)28-26-24-10-8-6-4-2/h5,7,11-12,14-15,17-18,20-21,32H,3-4,6,8-10,13,16,19,22-31H2,1-2H3,(H2,37,38,39)/b7-5-,12-11-,15-14-,18-17-,21-20-. The minimum absolute atomic E-state index is 0.170. The average Bonchev–Trinajstić information content (AvgIpc) is 2.97. The predicted octanol–water partition coefficient (Wildman–Crippen LogP) is 9.00. The molecule has 0 aliphatic rings. The van der Waals surface area contributed by atoms with E-state index in [9.17, 15) is 14.2 Å². The second-order valence-electron chi connectivity index (χ2n) is 10.4. The van der Waals surface area contributed by atoms with E-state index in [2.05, 4.69) is 79.1 Å². The summed E-state index contributed by atoms with van der Waals surface area (Å²) < 4.78 is 26.0. The molecule has 0 heterocycles. The summed E-state index contributed by atoms with van der Waals surface area (Å²) in [7, 11) is -4.75. The predicted molar refractivity (Wildman–Crippen MR) is 174 cm³/mol. The molecule has 0 aliphatic carbocycles. The zero-order valence-corrected chi connectivity index (χ0v) is 27.5. The van der Waals surface area contributed by atoms with Crippen LogP contribution in [0.15, 0.2) is 60.8 Å². The van der Waals surface area contributed by atoms with Crippen LogP contribution in [0.5, 0.6) is 0 Å². The van der Waals surface area contributed by atoms with E-state index in [1.54, 1.807) is 0 Å². The fraction of sp³-hybridized carbons (Fsp3) is 0.647. The summed E-state index contributed by atoms with van der Waals surface area (Å²) in [5.74, 6) is -0.941. The Morgan fingerprint density at radius 2 is 1.12 bits per heavy atom. The molecule has 0 aromatic carbocycles. The molecule has 0 saturated carbocycles. The molecule has 0 amide bonds. The van der Waals surface area contributed by atoms with Gasteiger partial charge in [-0.25, -0.2) is 4.57 Å². The van der Waals surface area contributed by atoms with Gasteiger partial charge < -0.3 is 19.3 Å². The fourth-order valence-corrected chi connectivity index (χ4v) is 4.29. The molecule has 8 nitrogen and oxygen atoms in total. The van der Waals surface area contributed by atoms with Gasteiger partial charge in [-0.1, -0.05) is 113 Å². The number of phosphoric acid groups is 1. The highest BCUT2D eigenvalue weighted by molar-refractivity contribution is 7.46. The van der Waals surface area contributed by atoms with Gasteiger partial charge in [0.05, 0.1) is 6.61 Å². The third-order valence-corrected chi connectivity index (χ3v) is 6.79. The van der Waals surface area contributed by atoms with Crippen LogP contribution >= 0.6 is 7.82 Å².